The molecule has 0 bridgehead atoms. The Morgan fingerprint density at radius 3 is 1.95 bits per heavy atom. The molecule has 0 unspecified atom stereocenters. The largest absolute Gasteiger partial charge is 0.459 e. The molecule has 0 aromatic heterocycles. The number of hydrogen-bond donors (Lipinski definition) is 2. The summed E-state index contributed by atoms with van der Waals surface area (Å²) in [6.45, 7) is 4.39. The minimum atomic E-state index is -4.36. The summed E-state index contributed by atoms with van der Waals surface area (Å²) < 4.78 is 62.9. The lowest BCUT2D eigenvalue weighted by molar-refractivity contribution is -0.388. The molecule has 2 atom stereocenters. The number of hydrogen-bond acceptors (Lipinski definition) is 11. The number of esters is 1. The molecule has 0 saturated heterocycles. The molecular formula is C26H35N5O10S2. The Balaban J connectivity index is 1.87. The minimum absolute atomic E-state index is 0.0759. The molecule has 2 N–H and O–H groups in total. The number of benzene rings is 2. The Morgan fingerprint density at radius 1 is 0.907 bits per heavy atom. The molecule has 236 valence electrons. The van der Waals surface area contributed by atoms with Gasteiger partial charge in [-0.15, -0.1) is 0 Å². The van der Waals surface area contributed by atoms with Crippen LogP contribution in [-0.2, 0) is 29.6 Å². The highest BCUT2D eigenvalue weighted by molar-refractivity contribution is 7.90. The predicted molar refractivity (Wildman–Crippen MR) is 155 cm³/mol. The number of rotatable bonds is 13. The molecule has 3 rings (SSSR count). The van der Waals surface area contributed by atoms with Crippen molar-refractivity contribution in [3.63, 3.8) is 0 Å². The van der Waals surface area contributed by atoms with Crippen LogP contribution in [0, 0.1) is 20.2 Å². The van der Waals surface area contributed by atoms with Crippen molar-refractivity contribution in [2.24, 2.45) is 0 Å². The van der Waals surface area contributed by atoms with E-state index in [4.69, 9.17) is 4.74 Å². The van der Waals surface area contributed by atoms with Gasteiger partial charge in [-0.05, 0) is 45.7 Å². The molecular weight excluding hydrogens is 606 g/mol. The van der Waals surface area contributed by atoms with Crippen molar-refractivity contribution in [3.8, 4) is 0 Å². The monoisotopic (exact) mass is 641 g/mol. The molecule has 0 radical (unpaired) electrons. The number of nitro benzene ring substituents is 2. The van der Waals surface area contributed by atoms with Gasteiger partial charge in [-0.2, -0.15) is 0 Å². The van der Waals surface area contributed by atoms with Gasteiger partial charge in [-0.25, -0.2) is 26.3 Å². The summed E-state index contributed by atoms with van der Waals surface area (Å²) in [5, 5.41) is 22.9. The number of para-hydroxylation sites is 2. The average molecular weight is 642 g/mol. The topological polar surface area (TPSA) is 208 Å². The van der Waals surface area contributed by atoms with E-state index in [1.165, 1.54) is 24.3 Å². The van der Waals surface area contributed by atoms with Crippen molar-refractivity contribution < 1.29 is 36.2 Å². The van der Waals surface area contributed by atoms with Gasteiger partial charge in [-0.1, -0.05) is 37.1 Å². The van der Waals surface area contributed by atoms with Crippen LogP contribution in [0.5, 0.6) is 0 Å². The lowest BCUT2D eigenvalue weighted by Gasteiger charge is -2.40. The van der Waals surface area contributed by atoms with Gasteiger partial charge in [0.25, 0.3) is 11.4 Å². The highest BCUT2D eigenvalue weighted by Gasteiger charge is 2.37. The van der Waals surface area contributed by atoms with Crippen LogP contribution in [0.4, 0.5) is 11.4 Å². The van der Waals surface area contributed by atoms with Crippen LogP contribution in [0.1, 0.15) is 46.5 Å². The van der Waals surface area contributed by atoms with Gasteiger partial charge < -0.3 is 4.74 Å². The number of nitrogens with one attached hydrogen (secondary N) is 2. The number of carbonyl (C=O) groups is 1. The fourth-order valence-corrected chi connectivity index (χ4v) is 7.59. The van der Waals surface area contributed by atoms with Crippen molar-refractivity contribution in [2.45, 2.75) is 73.9 Å². The average Bonchev–Trinajstić information content (AvgIpc) is 2.91. The van der Waals surface area contributed by atoms with Crippen molar-refractivity contribution >= 4 is 37.4 Å². The van der Waals surface area contributed by atoms with E-state index in [-0.39, 0.29) is 19.6 Å². The van der Waals surface area contributed by atoms with Gasteiger partial charge in [0.2, 0.25) is 20.0 Å². The third-order valence-corrected chi connectivity index (χ3v) is 9.70. The van der Waals surface area contributed by atoms with Crippen molar-refractivity contribution in [1.82, 2.24) is 14.3 Å². The Bertz CT molecular complexity index is 1560. The molecule has 1 fully saturated rings. The first kappa shape index (κ1) is 34.0. The second-order valence-corrected chi connectivity index (χ2v) is 14.4. The molecule has 0 heterocycles. The molecule has 43 heavy (non-hydrogen) atoms. The third-order valence-electron chi connectivity index (χ3n) is 6.65. The number of nitrogens with zero attached hydrogens (tertiary/aromatic N) is 3. The molecule has 0 spiro atoms. The number of carbonyl (C=O) groups excluding carboxylic acids is 1. The summed E-state index contributed by atoms with van der Waals surface area (Å²) in [5.74, 6) is -0.625. The van der Waals surface area contributed by atoms with Crippen LogP contribution in [0.2, 0.25) is 0 Å². The maximum atomic E-state index is 13.3. The predicted octanol–water partition coefficient (Wildman–Crippen LogP) is 2.71. The van der Waals surface area contributed by atoms with Crippen LogP contribution >= 0.6 is 0 Å². The van der Waals surface area contributed by atoms with Crippen molar-refractivity contribution in [1.29, 1.82) is 0 Å². The highest BCUT2D eigenvalue weighted by Crippen LogP contribution is 2.28. The van der Waals surface area contributed by atoms with Gasteiger partial charge in [0, 0.05) is 37.3 Å². The second kappa shape index (κ2) is 13.9. The summed E-state index contributed by atoms with van der Waals surface area (Å²) in [5.41, 5.74) is -2.01. The molecule has 0 aliphatic heterocycles. The van der Waals surface area contributed by atoms with E-state index >= 15 is 0 Å². The zero-order valence-corrected chi connectivity index (χ0v) is 25.6. The summed E-state index contributed by atoms with van der Waals surface area (Å²) in [6.07, 6.45) is 2.12. The van der Waals surface area contributed by atoms with Gasteiger partial charge in [-0.3, -0.25) is 29.9 Å². The summed E-state index contributed by atoms with van der Waals surface area (Å²) in [4.78, 5) is 34.7. The van der Waals surface area contributed by atoms with Crippen LogP contribution in [-0.4, -0.2) is 74.9 Å². The zero-order chi connectivity index (χ0) is 32.0. The van der Waals surface area contributed by atoms with Gasteiger partial charge in [0.05, 0.1) is 16.4 Å². The van der Waals surface area contributed by atoms with Gasteiger partial charge in [0.1, 0.15) is 5.60 Å². The van der Waals surface area contributed by atoms with Crippen LogP contribution in [0.3, 0.4) is 0 Å². The first-order chi connectivity index (χ1) is 20.0. The Hall–Kier alpha value is -3.51. The van der Waals surface area contributed by atoms with Crippen LogP contribution in [0.15, 0.2) is 58.3 Å². The van der Waals surface area contributed by atoms with Gasteiger partial charge >= 0.3 is 5.97 Å². The van der Waals surface area contributed by atoms with E-state index < -0.39 is 74.7 Å². The zero-order valence-electron chi connectivity index (χ0n) is 24.0. The minimum Gasteiger partial charge on any atom is -0.459 e. The van der Waals surface area contributed by atoms with E-state index in [1.807, 2.05) is 0 Å². The normalized spacial score (nSPS) is 17.9. The third kappa shape index (κ3) is 9.24. The second-order valence-electron chi connectivity index (χ2n) is 11.0. The number of sulfonamides is 2. The quantitative estimate of drug-likeness (QED) is 0.185. The highest BCUT2D eigenvalue weighted by atomic mass is 32.2. The first-order valence-electron chi connectivity index (χ1n) is 13.5. The van der Waals surface area contributed by atoms with E-state index in [9.17, 15) is 41.9 Å². The maximum absolute atomic E-state index is 13.3. The molecule has 1 aliphatic rings. The standard InChI is InChI=1S/C26H35N5O10S2/c1-26(2,3)41-25(32)18-29(17-16-27-42(37,38)23-14-8-6-12-21(23)30(33)34)20-11-5-4-10-19(20)28-43(39,40)24-15-9-7-13-22(24)31(35)36/h6-9,12-15,19-20,27-28H,4-5,10-11,16-18H2,1-3H3/t19-,20-/m0/s1. The molecule has 2 aromatic rings. The first-order valence-corrected chi connectivity index (χ1v) is 16.4. The fourth-order valence-electron chi connectivity index (χ4n) is 4.92. The molecule has 15 nitrogen and oxygen atoms in total. The molecule has 1 saturated carbocycles. The van der Waals surface area contributed by atoms with Crippen LogP contribution in [0.25, 0.3) is 0 Å². The summed E-state index contributed by atoms with van der Waals surface area (Å²) in [7, 11) is -8.68. The lowest BCUT2D eigenvalue weighted by Crippen LogP contribution is -2.56. The maximum Gasteiger partial charge on any atom is 0.320 e. The van der Waals surface area contributed by atoms with E-state index in [0.29, 0.717) is 25.7 Å². The van der Waals surface area contributed by atoms with Crippen molar-refractivity contribution in [2.75, 3.05) is 19.6 Å². The van der Waals surface area contributed by atoms with E-state index in [0.717, 1.165) is 24.3 Å². The Morgan fingerprint density at radius 2 is 1.42 bits per heavy atom. The Labute approximate surface area is 250 Å². The summed E-state index contributed by atoms with van der Waals surface area (Å²) in [6, 6.07) is 8.44. The Kier molecular flexibility index (Phi) is 10.9. The van der Waals surface area contributed by atoms with E-state index in [2.05, 4.69) is 9.44 Å². The number of nitro groups is 2. The molecule has 17 heteroatoms. The van der Waals surface area contributed by atoms with E-state index in [1.54, 1.807) is 25.7 Å². The van der Waals surface area contributed by atoms with Crippen molar-refractivity contribution in [3.05, 3.63) is 68.8 Å². The molecule has 2 aromatic carbocycles. The fraction of sp³-hybridized carbons (Fsp3) is 0.500. The van der Waals surface area contributed by atoms with Crippen LogP contribution < -0.4 is 9.44 Å². The SMILES string of the molecule is CC(C)(C)OC(=O)CN(CCNS(=O)(=O)c1ccccc1[N+](=O)[O-])[C@H]1CCCC[C@@H]1NS(=O)(=O)c1ccccc1[N+](=O)[O-]. The van der Waals surface area contributed by atoms with Gasteiger partial charge in [0.15, 0.2) is 9.79 Å². The molecule has 1 aliphatic carbocycles. The lowest BCUT2D eigenvalue weighted by atomic mass is 9.89. The summed E-state index contributed by atoms with van der Waals surface area (Å²) >= 11 is 0. The molecule has 0 amide bonds. The smallest absolute Gasteiger partial charge is 0.320 e. The number of ether oxygens (including phenoxy) is 1.